The van der Waals surface area contributed by atoms with Crippen molar-refractivity contribution < 1.29 is 9.59 Å². The maximum atomic E-state index is 13.0. The fourth-order valence-corrected chi connectivity index (χ4v) is 4.26. The Morgan fingerprint density at radius 2 is 1.76 bits per heavy atom. The molecule has 150 valence electrons. The number of nitrogens with zero attached hydrogens (tertiary/aromatic N) is 2. The molecular formula is C24H27N3O2. The number of fused-ring (bicyclic) bond motifs is 1. The van der Waals surface area contributed by atoms with Crippen molar-refractivity contribution in [3.63, 3.8) is 0 Å². The van der Waals surface area contributed by atoms with E-state index in [1.54, 1.807) is 24.3 Å². The lowest BCUT2D eigenvalue weighted by Gasteiger charge is -2.21. The van der Waals surface area contributed by atoms with Crippen LogP contribution >= 0.6 is 0 Å². The van der Waals surface area contributed by atoms with Gasteiger partial charge in [0.25, 0.3) is 5.91 Å². The molecule has 1 amide bonds. The lowest BCUT2D eigenvalue weighted by atomic mass is 9.87. The Morgan fingerprint density at radius 3 is 2.52 bits per heavy atom. The number of amides is 1. The van der Waals surface area contributed by atoms with Crippen molar-refractivity contribution in [2.75, 3.05) is 6.54 Å². The van der Waals surface area contributed by atoms with Crippen LogP contribution in [0.15, 0.2) is 48.7 Å². The molecule has 1 saturated carbocycles. The molecular weight excluding hydrogens is 362 g/mol. The minimum atomic E-state index is -0.0922. The number of nitrogens with one attached hydrogen (secondary N) is 1. The molecule has 0 atom stereocenters. The van der Waals surface area contributed by atoms with E-state index in [-0.39, 0.29) is 11.7 Å². The molecule has 0 radical (unpaired) electrons. The maximum absolute atomic E-state index is 13.0. The number of aryl methyl sites for hydroxylation is 1. The fraction of sp³-hybridized carbons (Fsp3) is 0.375. The molecule has 0 unspecified atom stereocenters. The molecule has 0 bridgehead atoms. The third kappa shape index (κ3) is 4.24. The van der Waals surface area contributed by atoms with Gasteiger partial charge in [-0.3, -0.25) is 14.0 Å². The number of hydrogen-bond donors (Lipinski definition) is 1. The molecule has 0 aliphatic heterocycles. The first-order valence-electron chi connectivity index (χ1n) is 10.5. The zero-order valence-electron chi connectivity index (χ0n) is 16.9. The van der Waals surface area contributed by atoms with Crippen LogP contribution in [0, 0.1) is 12.8 Å². The molecule has 1 aromatic carbocycles. The van der Waals surface area contributed by atoms with Gasteiger partial charge in [-0.25, -0.2) is 4.98 Å². The van der Waals surface area contributed by atoms with E-state index in [2.05, 4.69) is 10.3 Å². The molecule has 29 heavy (non-hydrogen) atoms. The van der Waals surface area contributed by atoms with Gasteiger partial charge in [-0.15, -0.1) is 0 Å². The Balaban J connectivity index is 1.41. The summed E-state index contributed by atoms with van der Waals surface area (Å²) in [5.41, 5.74) is 3.15. The van der Waals surface area contributed by atoms with Gasteiger partial charge in [-0.2, -0.15) is 0 Å². The van der Waals surface area contributed by atoms with Crippen molar-refractivity contribution in [1.82, 2.24) is 14.7 Å². The summed E-state index contributed by atoms with van der Waals surface area (Å²) in [7, 11) is 0. The summed E-state index contributed by atoms with van der Waals surface area (Å²) in [6, 6.07) is 12.6. The fourth-order valence-electron chi connectivity index (χ4n) is 4.26. The van der Waals surface area contributed by atoms with Crippen LogP contribution in [-0.4, -0.2) is 27.6 Å². The highest BCUT2D eigenvalue weighted by molar-refractivity contribution is 6.09. The van der Waals surface area contributed by atoms with Crippen LogP contribution in [0.1, 0.15) is 70.6 Å². The first-order chi connectivity index (χ1) is 14.1. The van der Waals surface area contributed by atoms with Gasteiger partial charge >= 0.3 is 0 Å². The summed E-state index contributed by atoms with van der Waals surface area (Å²) in [6.07, 6.45) is 9.46. The normalized spacial score (nSPS) is 14.8. The summed E-state index contributed by atoms with van der Waals surface area (Å²) < 4.78 is 1.81. The van der Waals surface area contributed by atoms with Crippen LogP contribution in [0.5, 0.6) is 0 Å². The van der Waals surface area contributed by atoms with E-state index in [9.17, 15) is 9.59 Å². The lowest BCUT2D eigenvalue weighted by molar-refractivity contribution is 0.0948. The molecule has 5 nitrogen and oxygen atoms in total. The standard InChI is InChI=1S/C24H27N3O2/c1-17-22(27-16-6-5-9-21(27)26-17)23(28)19-10-12-20(13-11-19)24(29)25-15-14-18-7-3-2-4-8-18/h5-6,9-13,16,18H,2-4,7-8,14-15H2,1H3,(H,25,29). The summed E-state index contributed by atoms with van der Waals surface area (Å²) in [5, 5.41) is 3.02. The van der Waals surface area contributed by atoms with Gasteiger partial charge in [-0.05, 0) is 43.5 Å². The van der Waals surface area contributed by atoms with E-state index < -0.39 is 0 Å². The largest absolute Gasteiger partial charge is 0.352 e. The van der Waals surface area contributed by atoms with Crippen molar-refractivity contribution >= 4 is 17.3 Å². The van der Waals surface area contributed by atoms with Crippen molar-refractivity contribution in [1.29, 1.82) is 0 Å². The van der Waals surface area contributed by atoms with Crippen molar-refractivity contribution in [2.45, 2.75) is 45.4 Å². The van der Waals surface area contributed by atoms with E-state index in [4.69, 9.17) is 0 Å². The Labute approximate surface area is 171 Å². The van der Waals surface area contributed by atoms with E-state index >= 15 is 0 Å². The third-order valence-electron chi connectivity index (χ3n) is 5.89. The second-order valence-corrected chi connectivity index (χ2v) is 7.93. The summed E-state index contributed by atoms with van der Waals surface area (Å²) in [4.78, 5) is 29.9. The van der Waals surface area contributed by atoms with Crippen molar-refractivity contribution in [3.05, 3.63) is 71.2 Å². The summed E-state index contributed by atoms with van der Waals surface area (Å²) in [5.74, 6) is 0.578. The molecule has 2 aromatic heterocycles. The minimum absolute atomic E-state index is 0.0780. The van der Waals surface area contributed by atoms with Crippen LogP contribution in [0.25, 0.3) is 5.65 Å². The van der Waals surface area contributed by atoms with Gasteiger partial charge in [0, 0.05) is 23.9 Å². The molecule has 1 aliphatic carbocycles. The number of hydrogen-bond acceptors (Lipinski definition) is 3. The average molecular weight is 389 g/mol. The smallest absolute Gasteiger partial charge is 0.251 e. The number of benzene rings is 1. The minimum Gasteiger partial charge on any atom is -0.352 e. The predicted octanol–water partition coefficient (Wildman–Crippen LogP) is 4.57. The van der Waals surface area contributed by atoms with Crippen LogP contribution in [0.2, 0.25) is 0 Å². The first kappa shape index (κ1) is 19.4. The topological polar surface area (TPSA) is 63.5 Å². The van der Waals surface area contributed by atoms with Crippen LogP contribution in [-0.2, 0) is 0 Å². The van der Waals surface area contributed by atoms with E-state index in [1.807, 2.05) is 35.7 Å². The van der Waals surface area contributed by atoms with Crippen molar-refractivity contribution in [3.8, 4) is 0 Å². The van der Waals surface area contributed by atoms with E-state index in [1.165, 1.54) is 32.1 Å². The molecule has 0 spiro atoms. The molecule has 0 saturated heterocycles. The number of carbonyl (C=O) groups is 2. The lowest BCUT2D eigenvalue weighted by Crippen LogP contribution is -2.26. The quantitative estimate of drug-likeness (QED) is 0.628. The van der Waals surface area contributed by atoms with Gasteiger partial charge < -0.3 is 5.32 Å². The zero-order chi connectivity index (χ0) is 20.2. The second-order valence-electron chi connectivity index (χ2n) is 7.93. The number of pyridine rings is 1. The predicted molar refractivity (Wildman–Crippen MR) is 113 cm³/mol. The first-order valence-corrected chi connectivity index (χ1v) is 10.5. The Hall–Kier alpha value is -2.95. The van der Waals surface area contributed by atoms with Gasteiger partial charge in [-0.1, -0.05) is 50.3 Å². The number of aromatic nitrogens is 2. The van der Waals surface area contributed by atoms with Gasteiger partial charge in [0.1, 0.15) is 11.3 Å². The number of ketones is 1. The number of rotatable bonds is 6. The highest BCUT2D eigenvalue weighted by Gasteiger charge is 2.19. The van der Waals surface area contributed by atoms with Crippen LogP contribution < -0.4 is 5.32 Å². The third-order valence-corrected chi connectivity index (χ3v) is 5.89. The molecule has 1 fully saturated rings. The summed E-state index contributed by atoms with van der Waals surface area (Å²) >= 11 is 0. The highest BCUT2D eigenvalue weighted by Crippen LogP contribution is 2.25. The molecule has 5 heteroatoms. The van der Waals surface area contributed by atoms with Gasteiger partial charge in [0.2, 0.25) is 5.78 Å². The number of imidazole rings is 1. The molecule has 3 aromatic rings. The monoisotopic (exact) mass is 389 g/mol. The van der Waals surface area contributed by atoms with Gasteiger partial charge in [0.05, 0.1) is 5.69 Å². The van der Waals surface area contributed by atoms with E-state index in [0.29, 0.717) is 29.1 Å². The average Bonchev–Trinajstić information content (AvgIpc) is 3.09. The molecule has 1 aliphatic rings. The number of carbonyl (C=O) groups excluding carboxylic acids is 2. The van der Waals surface area contributed by atoms with E-state index in [0.717, 1.165) is 18.0 Å². The molecule has 4 rings (SSSR count). The SMILES string of the molecule is Cc1nc2ccccn2c1C(=O)c1ccc(C(=O)NCCC2CCCCC2)cc1. The zero-order valence-corrected chi connectivity index (χ0v) is 16.9. The maximum Gasteiger partial charge on any atom is 0.251 e. The summed E-state index contributed by atoms with van der Waals surface area (Å²) in [6.45, 7) is 2.56. The highest BCUT2D eigenvalue weighted by atomic mass is 16.1. The van der Waals surface area contributed by atoms with Crippen molar-refractivity contribution in [2.24, 2.45) is 5.92 Å². The molecule has 1 N–H and O–H groups in total. The Bertz CT molecular complexity index is 1010. The second kappa shape index (κ2) is 8.60. The van der Waals surface area contributed by atoms with Gasteiger partial charge in [0.15, 0.2) is 0 Å². The van der Waals surface area contributed by atoms with Crippen LogP contribution in [0.3, 0.4) is 0 Å². The Kier molecular flexibility index (Phi) is 5.74. The Morgan fingerprint density at radius 1 is 1.03 bits per heavy atom. The molecule has 2 heterocycles. The van der Waals surface area contributed by atoms with Crippen LogP contribution in [0.4, 0.5) is 0 Å².